The number of hydrogen-bond donors (Lipinski definition) is 0. The normalized spacial score (nSPS) is 24.8. The minimum absolute atomic E-state index is 0.0388. The summed E-state index contributed by atoms with van der Waals surface area (Å²) in [5, 5.41) is 0.933. The van der Waals surface area contributed by atoms with Crippen molar-refractivity contribution in [1.29, 1.82) is 0 Å². The first-order valence-electron chi connectivity index (χ1n) is 6.71. The summed E-state index contributed by atoms with van der Waals surface area (Å²) in [5.41, 5.74) is 0. The third-order valence-electron chi connectivity index (χ3n) is 3.61. The van der Waals surface area contributed by atoms with Crippen molar-refractivity contribution < 1.29 is 27.6 Å². The van der Waals surface area contributed by atoms with Crippen LogP contribution in [0.2, 0.25) is 0 Å². The largest absolute Gasteiger partial charge is 0.492 e. The van der Waals surface area contributed by atoms with Crippen LogP contribution in [0.25, 0.3) is 0 Å². The van der Waals surface area contributed by atoms with Gasteiger partial charge in [-0.2, -0.15) is 13.2 Å². The van der Waals surface area contributed by atoms with E-state index in [9.17, 15) is 22.8 Å². The summed E-state index contributed by atoms with van der Waals surface area (Å²) in [6, 6.07) is 0. The highest BCUT2D eigenvalue weighted by molar-refractivity contribution is 5.79. The van der Waals surface area contributed by atoms with Gasteiger partial charge in [0.2, 0.25) is 5.91 Å². The lowest BCUT2D eigenvalue weighted by molar-refractivity contribution is -0.235. The van der Waals surface area contributed by atoms with Crippen LogP contribution in [-0.2, 0) is 14.4 Å². The van der Waals surface area contributed by atoms with Crippen molar-refractivity contribution in [1.82, 2.24) is 9.96 Å². The molecule has 0 N–H and O–H groups in total. The Hall–Kier alpha value is -1.31. The standard InChI is InChI=1S/C12H17F3N2O3/c13-12(14,15)11(19)20-17-7-4-9(8-17)10(18)16-5-2-1-3-6-16/h9H,1-8H2. The summed E-state index contributed by atoms with van der Waals surface area (Å²) < 4.78 is 36.2. The van der Waals surface area contributed by atoms with Gasteiger partial charge in [0.25, 0.3) is 0 Å². The first kappa shape index (κ1) is 15.1. The maximum absolute atomic E-state index is 12.2. The third-order valence-corrected chi connectivity index (χ3v) is 3.61. The molecular formula is C12H17F3N2O3. The molecule has 2 aliphatic heterocycles. The molecule has 2 aliphatic rings. The summed E-state index contributed by atoms with van der Waals surface area (Å²) in [7, 11) is 0. The van der Waals surface area contributed by atoms with Crippen LogP contribution in [0.4, 0.5) is 13.2 Å². The van der Waals surface area contributed by atoms with Gasteiger partial charge in [-0.25, -0.2) is 4.79 Å². The van der Waals surface area contributed by atoms with E-state index in [0.717, 1.165) is 24.3 Å². The van der Waals surface area contributed by atoms with Gasteiger partial charge in [0.05, 0.1) is 5.92 Å². The minimum atomic E-state index is -5.00. The molecule has 2 fully saturated rings. The predicted molar refractivity (Wildman–Crippen MR) is 62.3 cm³/mol. The van der Waals surface area contributed by atoms with Gasteiger partial charge < -0.3 is 9.74 Å². The zero-order valence-corrected chi connectivity index (χ0v) is 11.0. The Balaban J connectivity index is 1.82. The Labute approximate surface area is 114 Å². The lowest BCUT2D eigenvalue weighted by atomic mass is 10.0. The van der Waals surface area contributed by atoms with Gasteiger partial charge in [-0.1, -0.05) is 0 Å². The highest BCUT2D eigenvalue weighted by Crippen LogP contribution is 2.24. The van der Waals surface area contributed by atoms with E-state index in [2.05, 4.69) is 4.84 Å². The Bertz CT molecular complexity index is 381. The van der Waals surface area contributed by atoms with Crippen LogP contribution in [0.1, 0.15) is 25.7 Å². The van der Waals surface area contributed by atoms with E-state index in [1.54, 1.807) is 4.90 Å². The average Bonchev–Trinajstić information content (AvgIpc) is 2.86. The van der Waals surface area contributed by atoms with E-state index in [1.807, 2.05) is 0 Å². The SMILES string of the molecule is O=C(C1CCN(OC(=O)C(F)(F)F)C1)N1CCCCC1. The van der Waals surface area contributed by atoms with Crippen LogP contribution in [-0.4, -0.2) is 54.2 Å². The number of alkyl halides is 3. The molecule has 20 heavy (non-hydrogen) atoms. The molecule has 0 saturated carbocycles. The number of likely N-dealkylation sites (tertiary alicyclic amines) is 1. The van der Waals surface area contributed by atoms with Gasteiger partial charge in [0.15, 0.2) is 0 Å². The quantitative estimate of drug-likeness (QED) is 0.771. The lowest BCUT2D eigenvalue weighted by Crippen LogP contribution is -2.41. The van der Waals surface area contributed by atoms with Crippen LogP contribution in [0.3, 0.4) is 0 Å². The molecule has 5 nitrogen and oxygen atoms in total. The molecule has 0 aromatic carbocycles. The monoisotopic (exact) mass is 294 g/mol. The average molecular weight is 294 g/mol. The zero-order valence-electron chi connectivity index (χ0n) is 11.0. The summed E-state index contributed by atoms with van der Waals surface area (Å²) in [6.45, 7) is 1.61. The lowest BCUT2D eigenvalue weighted by Gasteiger charge is -2.29. The molecule has 0 aromatic heterocycles. The van der Waals surface area contributed by atoms with Gasteiger partial charge in [-0.15, -0.1) is 5.06 Å². The smallest absolute Gasteiger partial charge is 0.361 e. The van der Waals surface area contributed by atoms with Crippen LogP contribution in [0.15, 0.2) is 0 Å². The third kappa shape index (κ3) is 3.62. The molecule has 0 radical (unpaired) electrons. The van der Waals surface area contributed by atoms with Gasteiger partial charge in [-0.05, 0) is 25.7 Å². The molecule has 1 amide bonds. The Morgan fingerprint density at radius 1 is 1.05 bits per heavy atom. The molecule has 114 valence electrons. The zero-order chi connectivity index (χ0) is 14.8. The van der Waals surface area contributed by atoms with Crippen LogP contribution < -0.4 is 0 Å². The van der Waals surface area contributed by atoms with E-state index < -0.39 is 12.1 Å². The molecule has 0 aliphatic carbocycles. The van der Waals surface area contributed by atoms with Crippen LogP contribution in [0.5, 0.6) is 0 Å². The van der Waals surface area contributed by atoms with Crippen molar-refractivity contribution in [3.63, 3.8) is 0 Å². The molecule has 0 aromatic rings. The number of rotatable bonds is 2. The summed E-state index contributed by atoms with van der Waals surface area (Å²) in [6.07, 6.45) is -1.56. The molecule has 1 unspecified atom stereocenters. The molecule has 0 bridgehead atoms. The van der Waals surface area contributed by atoms with Gasteiger partial charge in [0, 0.05) is 26.2 Å². The number of amides is 1. The van der Waals surface area contributed by atoms with Gasteiger partial charge in [0.1, 0.15) is 0 Å². The Morgan fingerprint density at radius 3 is 2.30 bits per heavy atom. The number of carbonyl (C=O) groups is 2. The fraction of sp³-hybridized carbons (Fsp3) is 0.833. The van der Waals surface area contributed by atoms with E-state index in [-0.39, 0.29) is 24.9 Å². The van der Waals surface area contributed by atoms with Crippen molar-refractivity contribution in [2.45, 2.75) is 31.9 Å². The van der Waals surface area contributed by atoms with Crippen LogP contribution in [0, 0.1) is 5.92 Å². The Morgan fingerprint density at radius 2 is 1.70 bits per heavy atom. The topological polar surface area (TPSA) is 49.9 Å². The van der Waals surface area contributed by atoms with E-state index >= 15 is 0 Å². The van der Waals surface area contributed by atoms with Gasteiger partial charge >= 0.3 is 12.1 Å². The molecule has 8 heteroatoms. The molecule has 1 atom stereocenters. The molecule has 2 rings (SSSR count). The minimum Gasteiger partial charge on any atom is -0.361 e. The maximum Gasteiger partial charge on any atom is 0.492 e. The number of nitrogens with zero attached hydrogens (tertiary/aromatic N) is 2. The van der Waals surface area contributed by atoms with Crippen LogP contribution >= 0.6 is 0 Å². The van der Waals surface area contributed by atoms with Crippen molar-refractivity contribution in [2.75, 3.05) is 26.2 Å². The predicted octanol–water partition coefficient (Wildman–Crippen LogP) is 1.34. The summed E-state index contributed by atoms with van der Waals surface area (Å²) in [4.78, 5) is 28.9. The van der Waals surface area contributed by atoms with Crippen molar-refractivity contribution >= 4 is 11.9 Å². The number of halogens is 3. The first-order valence-corrected chi connectivity index (χ1v) is 6.71. The first-order chi connectivity index (χ1) is 9.38. The van der Waals surface area contributed by atoms with Crippen molar-refractivity contribution in [2.24, 2.45) is 5.92 Å². The molecule has 2 heterocycles. The van der Waals surface area contributed by atoms with E-state index in [0.29, 0.717) is 19.5 Å². The van der Waals surface area contributed by atoms with Crippen molar-refractivity contribution in [3.05, 3.63) is 0 Å². The molecule has 2 saturated heterocycles. The second-order valence-electron chi connectivity index (χ2n) is 5.14. The van der Waals surface area contributed by atoms with Crippen molar-refractivity contribution in [3.8, 4) is 0 Å². The second-order valence-corrected chi connectivity index (χ2v) is 5.14. The number of piperidine rings is 1. The number of carbonyl (C=O) groups excluding carboxylic acids is 2. The van der Waals surface area contributed by atoms with Gasteiger partial charge in [-0.3, -0.25) is 4.79 Å². The van der Waals surface area contributed by atoms with E-state index in [1.165, 1.54) is 0 Å². The molecular weight excluding hydrogens is 277 g/mol. The molecule has 0 spiro atoms. The summed E-state index contributed by atoms with van der Waals surface area (Å²) in [5.74, 6) is -2.66. The number of hydroxylamine groups is 2. The second kappa shape index (κ2) is 5.99. The fourth-order valence-electron chi connectivity index (χ4n) is 2.55. The highest BCUT2D eigenvalue weighted by atomic mass is 19.4. The van der Waals surface area contributed by atoms with E-state index in [4.69, 9.17) is 0 Å². The summed E-state index contributed by atoms with van der Waals surface area (Å²) >= 11 is 0. The number of hydrogen-bond acceptors (Lipinski definition) is 4. The maximum atomic E-state index is 12.2. The fourth-order valence-corrected chi connectivity index (χ4v) is 2.55. The highest BCUT2D eigenvalue weighted by Gasteiger charge is 2.44. The Kier molecular flexibility index (Phi) is 4.52.